The molecule has 0 radical (unpaired) electrons. The SMILES string of the molecule is CCC1CCC(C#N)C(Sc2ncnn2C)C1. The minimum atomic E-state index is 0.166. The van der Waals surface area contributed by atoms with Gasteiger partial charge in [0.25, 0.3) is 0 Å². The van der Waals surface area contributed by atoms with Gasteiger partial charge >= 0.3 is 0 Å². The summed E-state index contributed by atoms with van der Waals surface area (Å²) >= 11 is 1.72. The van der Waals surface area contributed by atoms with Gasteiger partial charge in [-0.05, 0) is 25.2 Å². The smallest absolute Gasteiger partial charge is 0.186 e. The van der Waals surface area contributed by atoms with E-state index in [1.54, 1.807) is 22.8 Å². The summed E-state index contributed by atoms with van der Waals surface area (Å²) < 4.78 is 1.79. The fourth-order valence-electron chi connectivity index (χ4n) is 2.39. The van der Waals surface area contributed by atoms with Crippen molar-refractivity contribution in [3.05, 3.63) is 6.33 Å². The molecule has 1 heterocycles. The molecule has 0 saturated heterocycles. The van der Waals surface area contributed by atoms with Crippen molar-refractivity contribution in [3.63, 3.8) is 0 Å². The van der Waals surface area contributed by atoms with Gasteiger partial charge in [0.05, 0.1) is 12.0 Å². The predicted molar refractivity (Wildman–Crippen MR) is 67.4 cm³/mol. The van der Waals surface area contributed by atoms with Gasteiger partial charge in [0.2, 0.25) is 0 Å². The van der Waals surface area contributed by atoms with Gasteiger partial charge in [-0.15, -0.1) is 0 Å². The Balaban J connectivity index is 2.06. The van der Waals surface area contributed by atoms with Crippen LogP contribution in [-0.4, -0.2) is 20.0 Å². The molecule has 1 aromatic rings. The van der Waals surface area contributed by atoms with Crippen LogP contribution < -0.4 is 0 Å². The highest BCUT2D eigenvalue weighted by Gasteiger charge is 2.31. The number of thioether (sulfide) groups is 1. The van der Waals surface area contributed by atoms with Gasteiger partial charge in [-0.2, -0.15) is 10.4 Å². The summed E-state index contributed by atoms with van der Waals surface area (Å²) in [4.78, 5) is 4.23. The standard InChI is InChI=1S/C12H18N4S/c1-3-9-4-5-10(7-13)11(6-9)17-12-14-8-15-16(12)2/h8-11H,3-6H2,1-2H3. The fraction of sp³-hybridized carbons (Fsp3) is 0.750. The number of aromatic nitrogens is 3. The van der Waals surface area contributed by atoms with Crippen molar-refractivity contribution in [2.24, 2.45) is 18.9 Å². The van der Waals surface area contributed by atoms with E-state index in [0.717, 1.165) is 23.9 Å². The Morgan fingerprint density at radius 3 is 3.00 bits per heavy atom. The topological polar surface area (TPSA) is 54.5 Å². The zero-order chi connectivity index (χ0) is 12.3. The third-order valence-corrected chi connectivity index (χ3v) is 4.97. The van der Waals surface area contributed by atoms with Gasteiger partial charge in [0.15, 0.2) is 5.16 Å². The molecule has 0 amide bonds. The summed E-state index contributed by atoms with van der Waals surface area (Å²) in [6, 6.07) is 2.45. The lowest BCUT2D eigenvalue weighted by Gasteiger charge is -2.31. The van der Waals surface area contributed by atoms with Gasteiger partial charge < -0.3 is 0 Å². The molecule has 92 valence electrons. The third kappa shape index (κ3) is 2.81. The summed E-state index contributed by atoms with van der Waals surface area (Å²) in [6.07, 6.45) is 6.15. The molecule has 1 saturated carbocycles. The first-order chi connectivity index (χ1) is 8.24. The normalized spacial score (nSPS) is 28.9. The van der Waals surface area contributed by atoms with Gasteiger partial charge in [0.1, 0.15) is 6.33 Å². The number of hydrogen-bond acceptors (Lipinski definition) is 4. The summed E-state index contributed by atoms with van der Waals surface area (Å²) in [6.45, 7) is 2.24. The molecule has 0 aromatic carbocycles. The van der Waals surface area contributed by atoms with Crippen LogP contribution in [0.25, 0.3) is 0 Å². The predicted octanol–water partition coefficient (Wildman–Crippen LogP) is 2.63. The van der Waals surface area contributed by atoms with Gasteiger partial charge in [-0.3, -0.25) is 0 Å². The first kappa shape index (κ1) is 12.4. The van der Waals surface area contributed by atoms with E-state index in [1.165, 1.54) is 12.8 Å². The molecular weight excluding hydrogens is 232 g/mol. The van der Waals surface area contributed by atoms with E-state index in [0.29, 0.717) is 5.25 Å². The Morgan fingerprint density at radius 1 is 1.59 bits per heavy atom. The van der Waals surface area contributed by atoms with Crippen molar-refractivity contribution in [1.29, 1.82) is 5.26 Å². The Hall–Kier alpha value is -1.02. The van der Waals surface area contributed by atoms with Crippen LogP contribution >= 0.6 is 11.8 Å². The molecule has 0 bridgehead atoms. The van der Waals surface area contributed by atoms with Crippen LogP contribution in [0.4, 0.5) is 0 Å². The zero-order valence-corrected chi connectivity index (χ0v) is 11.2. The van der Waals surface area contributed by atoms with Crippen LogP contribution in [0, 0.1) is 23.2 Å². The van der Waals surface area contributed by atoms with Crippen molar-refractivity contribution in [3.8, 4) is 6.07 Å². The molecule has 1 aromatic heterocycles. The number of nitriles is 1. The molecule has 1 aliphatic rings. The highest BCUT2D eigenvalue weighted by molar-refractivity contribution is 7.99. The molecule has 0 N–H and O–H groups in total. The summed E-state index contributed by atoms with van der Waals surface area (Å²) in [5.74, 6) is 0.935. The van der Waals surface area contributed by atoms with Crippen molar-refractivity contribution in [1.82, 2.24) is 14.8 Å². The van der Waals surface area contributed by atoms with Gasteiger partial charge in [0, 0.05) is 12.3 Å². The van der Waals surface area contributed by atoms with Crippen molar-refractivity contribution >= 4 is 11.8 Å². The summed E-state index contributed by atoms with van der Waals surface area (Å²) in [5, 5.41) is 14.6. The highest BCUT2D eigenvalue weighted by Crippen LogP contribution is 2.39. The van der Waals surface area contributed by atoms with E-state index in [2.05, 4.69) is 23.1 Å². The molecular formula is C12H18N4S. The second kappa shape index (κ2) is 5.54. The monoisotopic (exact) mass is 250 g/mol. The maximum absolute atomic E-state index is 9.21. The largest absolute Gasteiger partial charge is 0.244 e. The van der Waals surface area contributed by atoms with E-state index in [4.69, 9.17) is 0 Å². The second-order valence-electron chi connectivity index (χ2n) is 4.65. The number of nitrogens with zero attached hydrogens (tertiary/aromatic N) is 4. The van der Waals surface area contributed by atoms with E-state index < -0.39 is 0 Å². The van der Waals surface area contributed by atoms with Gasteiger partial charge in [-0.1, -0.05) is 25.1 Å². The molecule has 2 rings (SSSR count). The lowest BCUT2D eigenvalue weighted by molar-refractivity contribution is 0.316. The number of hydrogen-bond donors (Lipinski definition) is 0. The van der Waals surface area contributed by atoms with Crippen molar-refractivity contribution in [2.45, 2.75) is 43.0 Å². The minimum Gasteiger partial charge on any atom is -0.244 e. The molecule has 0 spiro atoms. The number of rotatable bonds is 3. The van der Waals surface area contributed by atoms with Crippen LogP contribution in [0.2, 0.25) is 0 Å². The average molecular weight is 250 g/mol. The number of aryl methyl sites for hydroxylation is 1. The quantitative estimate of drug-likeness (QED) is 0.827. The van der Waals surface area contributed by atoms with Crippen LogP contribution in [0.15, 0.2) is 11.5 Å². The van der Waals surface area contributed by atoms with Crippen LogP contribution in [0.3, 0.4) is 0 Å². The van der Waals surface area contributed by atoms with E-state index >= 15 is 0 Å². The van der Waals surface area contributed by atoms with Crippen molar-refractivity contribution < 1.29 is 0 Å². The Bertz CT molecular complexity index is 409. The third-order valence-electron chi connectivity index (χ3n) is 3.57. The molecule has 0 aliphatic heterocycles. The highest BCUT2D eigenvalue weighted by atomic mass is 32.2. The van der Waals surface area contributed by atoms with E-state index in [9.17, 15) is 5.26 Å². The maximum Gasteiger partial charge on any atom is 0.186 e. The molecule has 5 heteroatoms. The summed E-state index contributed by atoms with van der Waals surface area (Å²) in [5.41, 5.74) is 0. The molecule has 1 aliphatic carbocycles. The van der Waals surface area contributed by atoms with Gasteiger partial charge in [-0.25, -0.2) is 9.67 Å². The van der Waals surface area contributed by atoms with Crippen LogP contribution in [-0.2, 0) is 7.05 Å². The first-order valence-corrected chi connectivity index (χ1v) is 7.02. The fourth-order valence-corrected chi connectivity index (χ4v) is 3.70. The molecule has 17 heavy (non-hydrogen) atoms. The van der Waals surface area contributed by atoms with E-state index in [1.807, 2.05) is 7.05 Å². The lowest BCUT2D eigenvalue weighted by Crippen LogP contribution is -2.26. The van der Waals surface area contributed by atoms with Crippen LogP contribution in [0.5, 0.6) is 0 Å². The van der Waals surface area contributed by atoms with Crippen molar-refractivity contribution in [2.75, 3.05) is 0 Å². The van der Waals surface area contributed by atoms with E-state index in [-0.39, 0.29) is 5.92 Å². The second-order valence-corrected chi connectivity index (χ2v) is 5.85. The Morgan fingerprint density at radius 2 is 2.41 bits per heavy atom. The first-order valence-electron chi connectivity index (χ1n) is 6.14. The zero-order valence-electron chi connectivity index (χ0n) is 10.3. The Labute approximate surface area is 106 Å². The minimum absolute atomic E-state index is 0.166. The molecule has 3 atom stereocenters. The lowest BCUT2D eigenvalue weighted by atomic mass is 9.81. The Kier molecular flexibility index (Phi) is 4.06. The molecule has 1 fully saturated rings. The summed E-state index contributed by atoms with van der Waals surface area (Å²) in [7, 11) is 1.90. The maximum atomic E-state index is 9.21. The molecule has 4 nitrogen and oxygen atoms in total. The average Bonchev–Trinajstić information content (AvgIpc) is 2.75. The molecule has 3 unspecified atom stereocenters. The van der Waals surface area contributed by atoms with Crippen LogP contribution in [0.1, 0.15) is 32.6 Å².